The quantitative estimate of drug-likeness (QED) is 0.208. The van der Waals surface area contributed by atoms with E-state index in [0.29, 0.717) is 34.2 Å². The molecule has 0 aliphatic carbocycles. The van der Waals surface area contributed by atoms with Crippen LogP contribution in [-0.4, -0.2) is 21.6 Å². The van der Waals surface area contributed by atoms with Gasteiger partial charge in [0, 0.05) is 11.3 Å². The maximum absolute atomic E-state index is 13.4. The lowest BCUT2D eigenvalue weighted by Crippen LogP contribution is -2.24. The Morgan fingerprint density at radius 2 is 1.69 bits per heavy atom. The normalized spacial score (nSPS) is 11.2. The van der Waals surface area contributed by atoms with Crippen LogP contribution in [0.1, 0.15) is 22.6 Å². The first-order valence-electron chi connectivity index (χ1n) is 11.3. The Morgan fingerprint density at radius 1 is 0.943 bits per heavy atom. The van der Waals surface area contributed by atoms with E-state index in [2.05, 4.69) is 0 Å². The van der Waals surface area contributed by atoms with Crippen molar-refractivity contribution in [3.63, 3.8) is 0 Å². The van der Waals surface area contributed by atoms with Crippen molar-refractivity contribution in [2.45, 2.75) is 31.3 Å². The molecule has 0 unspecified atom stereocenters. The smallest absolute Gasteiger partial charge is 0.262 e. The van der Waals surface area contributed by atoms with Crippen molar-refractivity contribution in [2.24, 2.45) is 0 Å². The maximum Gasteiger partial charge on any atom is 0.262 e. The Kier molecular flexibility index (Phi) is 6.42. The molecule has 0 amide bonds. The molecule has 0 aliphatic rings. The summed E-state index contributed by atoms with van der Waals surface area (Å²) in [5.41, 5.74) is 4.54. The minimum Gasteiger partial charge on any atom is -0.497 e. The van der Waals surface area contributed by atoms with Gasteiger partial charge < -0.3 is 9.15 Å². The van der Waals surface area contributed by atoms with E-state index in [1.54, 1.807) is 11.7 Å². The third-order valence-electron chi connectivity index (χ3n) is 5.93. The Balaban J connectivity index is 1.48. The highest BCUT2D eigenvalue weighted by Gasteiger charge is 2.16. The summed E-state index contributed by atoms with van der Waals surface area (Å²) < 4.78 is 13.0. The van der Waals surface area contributed by atoms with Crippen molar-refractivity contribution in [3.05, 3.63) is 106 Å². The zero-order chi connectivity index (χ0) is 24.4. The van der Waals surface area contributed by atoms with Crippen LogP contribution in [0, 0.1) is 13.8 Å². The summed E-state index contributed by atoms with van der Waals surface area (Å²) in [5, 5.41) is 1.24. The van der Waals surface area contributed by atoms with Crippen LogP contribution in [0.4, 0.5) is 0 Å². The second-order valence-electron chi connectivity index (χ2n) is 8.28. The van der Waals surface area contributed by atoms with Crippen LogP contribution in [0.5, 0.6) is 5.75 Å². The molecule has 176 valence electrons. The lowest BCUT2D eigenvalue weighted by atomic mass is 10.1. The van der Waals surface area contributed by atoms with Gasteiger partial charge in [0.05, 0.1) is 30.3 Å². The number of hydrogen-bond donors (Lipinski definition) is 0. The number of thioether (sulfide) groups is 1. The van der Waals surface area contributed by atoms with E-state index in [4.69, 9.17) is 19.1 Å². The largest absolute Gasteiger partial charge is 0.497 e. The topological polar surface area (TPSA) is 70.2 Å². The van der Waals surface area contributed by atoms with Crippen LogP contribution in [0.3, 0.4) is 0 Å². The van der Waals surface area contributed by atoms with Crippen molar-refractivity contribution in [2.75, 3.05) is 7.11 Å². The van der Waals surface area contributed by atoms with E-state index in [-0.39, 0.29) is 5.56 Å². The lowest BCUT2D eigenvalue weighted by molar-refractivity contribution is 0.414. The average Bonchev–Trinajstić information content (AvgIpc) is 3.25. The fourth-order valence-corrected chi connectivity index (χ4v) is 4.93. The van der Waals surface area contributed by atoms with Gasteiger partial charge in [-0.3, -0.25) is 9.36 Å². The number of hydrogen-bond acceptors (Lipinski definition) is 6. The van der Waals surface area contributed by atoms with Gasteiger partial charge in [-0.2, -0.15) is 0 Å². The fourth-order valence-electron chi connectivity index (χ4n) is 3.93. The highest BCUT2D eigenvalue weighted by atomic mass is 32.2. The average molecular weight is 484 g/mol. The molecule has 2 aromatic heterocycles. The van der Waals surface area contributed by atoms with Crippen LogP contribution in [0.25, 0.3) is 22.4 Å². The highest BCUT2D eigenvalue weighted by molar-refractivity contribution is 7.98. The van der Waals surface area contributed by atoms with Crippen LogP contribution >= 0.6 is 11.8 Å². The molecule has 0 N–H and O–H groups in total. The van der Waals surface area contributed by atoms with Crippen LogP contribution in [0.15, 0.2) is 87.2 Å². The minimum atomic E-state index is -0.0635. The molecule has 5 rings (SSSR count). The predicted molar refractivity (Wildman–Crippen MR) is 139 cm³/mol. The molecule has 0 atom stereocenters. The van der Waals surface area contributed by atoms with Crippen molar-refractivity contribution in [1.29, 1.82) is 0 Å². The summed E-state index contributed by atoms with van der Waals surface area (Å²) in [5.74, 6) is 2.69. The molecule has 0 aliphatic heterocycles. The van der Waals surface area contributed by atoms with Crippen LogP contribution in [-0.2, 0) is 12.3 Å². The second kappa shape index (κ2) is 9.80. The maximum atomic E-state index is 13.4. The third-order valence-corrected chi connectivity index (χ3v) is 6.92. The molecule has 0 spiro atoms. The van der Waals surface area contributed by atoms with Crippen molar-refractivity contribution in [1.82, 2.24) is 14.5 Å². The Hall–Kier alpha value is -3.84. The first-order chi connectivity index (χ1) is 17.0. The second-order valence-corrected chi connectivity index (χ2v) is 9.22. The zero-order valence-corrected chi connectivity index (χ0v) is 20.6. The number of para-hydroxylation sites is 1. The number of ether oxygens (including phenoxy) is 1. The van der Waals surface area contributed by atoms with E-state index >= 15 is 0 Å². The van der Waals surface area contributed by atoms with Gasteiger partial charge in [0.15, 0.2) is 5.16 Å². The molecule has 3 aromatic carbocycles. The summed E-state index contributed by atoms with van der Waals surface area (Å²) >= 11 is 1.49. The van der Waals surface area contributed by atoms with Gasteiger partial charge in [-0.1, -0.05) is 54.2 Å². The molecular weight excluding hydrogens is 458 g/mol. The van der Waals surface area contributed by atoms with Crippen LogP contribution < -0.4 is 10.3 Å². The Labute approximate surface area is 207 Å². The summed E-state index contributed by atoms with van der Waals surface area (Å²) in [6.07, 6.45) is 0. The SMILES string of the molecule is COc1ccc(Cn2c(SCc3nc(-c4ccccc4C)oc3C)nc3ccccc3c2=O)cc1. The highest BCUT2D eigenvalue weighted by Crippen LogP contribution is 2.29. The van der Waals surface area contributed by atoms with E-state index in [0.717, 1.165) is 33.9 Å². The monoisotopic (exact) mass is 483 g/mol. The van der Waals surface area contributed by atoms with Gasteiger partial charge in [-0.25, -0.2) is 9.97 Å². The number of fused-ring (bicyclic) bond motifs is 1. The number of aromatic nitrogens is 3. The molecule has 2 heterocycles. The molecule has 6 nitrogen and oxygen atoms in total. The predicted octanol–water partition coefficient (Wildman–Crippen LogP) is 6.02. The first kappa shape index (κ1) is 22.9. The van der Waals surface area contributed by atoms with Gasteiger partial charge in [0.25, 0.3) is 5.56 Å². The number of aryl methyl sites for hydroxylation is 2. The molecule has 0 radical (unpaired) electrons. The van der Waals surface area contributed by atoms with Gasteiger partial charge in [-0.15, -0.1) is 0 Å². The van der Waals surface area contributed by atoms with Gasteiger partial charge >= 0.3 is 0 Å². The molecule has 0 bridgehead atoms. The van der Waals surface area contributed by atoms with Crippen molar-refractivity contribution in [3.8, 4) is 17.2 Å². The van der Waals surface area contributed by atoms with Crippen molar-refractivity contribution >= 4 is 22.7 Å². The minimum absolute atomic E-state index is 0.0635. The summed E-state index contributed by atoms with van der Waals surface area (Å²) in [6, 6.07) is 23.2. The number of benzene rings is 3. The van der Waals surface area contributed by atoms with E-state index in [1.165, 1.54) is 11.8 Å². The van der Waals surface area contributed by atoms with Gasteiger partial charge in [-0.05, 0) is 55.3 Å². The lowest BCUT2D eigenvalue weighted by Gasteiger charge is -2.13. The third kappa shape index (κ3) is 4.72. The zero-order valence-electron chi connectivity index (χ0n) is 19.8. The molecule has 0 saturated carbocycles. The summed E-state index contributed by atoms with van der Waals surface area (Å²) in [6.45, 7) is 4.37. The summed E-state index contributed by atoms with van der Waals surface area (Å²) in [7, 11) is 1.64. The molecule has 35 heavy (non-hydrogen) atoms. The number of methoxy groups -OCH3 is 1. The molecule has 7 heteroatoms. The number of nitrogens with zero attached hydrogens (tertiary/aromatic N) is 3. The molecule has 5 aromatic rings. The van der Waals surface area contributed by atoms with Crippen LogP contribution in [0.2, 0.25) is 0 Å². The number of rotatable bonds is 7. The van der Waals surface area contributed by atoms with E-state index < -0.39 is 0 Å². The number of oxazole rings is 1. The Bertz CT molecular complexity index is 1550. The van der Waals surface area contributed by atoms with Gasteiger partial charge in [0.1, 0.15) is 11.5 Å². The van der Waals surface area contributed by atoms with Crippen molar-refractivity contribution < 1.29 is 9.15 Å². The van der Waals surface area contributed by atoms with E-state index in [9.17, 15) is 4.79 Å². The van der Waals surface area contributed by atoms with E-state index in [1.807, 2.05) is 86.6 Å². The fraction of sp³-hybridized carbons (Fsp3) is 0.179. The summed E-state index contributed by atoms with van der Waals surface area (Å²) in [4.78, 5) is 23.0. The first-order valence-corrected chi connectivity index (χ1v) is 12.3. The Morgan fingerprint density at radius 3 is 2.46 bits per heavy atom. The standard InChI is InChI=1S/C28H25N3O3S/c1-18-8-4-5-9-22(18)26-29-25(19(2)34-26)17-35-28-30-24-11-7-6-10-23(24)27(32)31(28)16-20-12-14-21(33-3)15-13-20/h4-15H,16-17H2,1-3H3. The van der Waals surface area contributed by atoms with Gasteiger partial charge in [0.2, 0.25) is 5.89 Å². The molecular formula is C28H25N3O3S. The molecule has 0 saturated heterocycles. The molecule has 0 fully saturated rings.